The lowest BCUT2D eigenvalue weighted by molar-refractivity contribution is -0.903. The Morgan fingerprint density at radius 1 is 1.07 bits per heavy atom. The Labute approximate surface area is 170 Å². The Balaban J connectivity index is 1.44. The molecule has 1 heterocycles. The number of rotatable bonds is 8. The van der Waals surface area contributed by atoms with Gasteiger partial charge in [-0.15, -0.1) is 0 Å². The molecule has 29 heavy (non-hydrogen) atoms. The van der Waals surface area contributed by atoms with Crippen LogP contribution in [0.3, 0.4) is 0 Å². The predicted molar refractivity (Wildman–Crippen MR) is 107 cm³/mol. The number of carbonyl (C=O) groups is 1. The molecule has 0 radical (unpaired) electrons. The number of halogens is 1. The Morgan fingerprint density at radius 3 is 2.28 bits per heavy atom. The highest BCUT2D eigenvalue weighted by Gasteiger charge is 2.30. The van der Waals surface area contributed by atoms with Crippen LogP contribution in [0, 0.1) is 5.82 Å². The molecule has 2 aromatic carbocycles. The van der Waals surface area contributed by atoms with Crippen molar-refractivity contribution in [2.24, 2.45) is 0 Å². The second-order valence-corrected chi connectivity index (χ2v) is 9.08. The van der Waals surface area contributed by atoms with Crippen LogP contribution in [-0.4, -0.2) is 57.8 Å². The molecule has 1 saturated heterocycles. The number of benzene rings is 2. The van der Waals surface area contributed by atoms with E-state index in [0.717, 1.165) is 26.1 Å². The van der Waals surface area contributed by atoms with Gasteiger partial charge in [0.25, 0.3) is 0 Å². The maximum Gasteiger partial charge on any atom is 0.243 e. The first kappa shape index (κ1) is 21.4. The zero-order chi connectivity index (χ0) is 20.9. The quantitative estimate of drug-likeness (QED) is 0.517. The van der Waals surface area contributed by atoms with Crippen molar-refractivity contribution in [2.75, 3.05) is 39.3 Å². The summed E-state index contributed by atoms with van der Waals surface area (Å²) < 4.78 is 45.6. The number of nitrogens with one attached hydrogen (secondary N) is 1. The van der Waals surface area contributed by atoms with Crippen molar-refractivity contribution in [3.8, 4) is 5.75 Å². The molecule has 6 nitrogen and oxygen atoms in total. The number of hydrogen-bond donors (Lipinski definition) is 1. The monoisotopic (exact) mass is 421 g/mol. The summed E-state index contributed by atoms with van der Waals surface area (Å²) in [6.45, 7) is 5.29. The van der Waals surface area contributed by atoms with E-state index in [9.17, 15) is 17.6 Å². The van der Waals surface area contributed by atoms with Crippen molar-refractivity contribution in [3.05, 3.63) is 59.9 Å². The van der Waals surface area contributed by atoms with Gasteiger partial charge in [-0.3, -0.25) is 4.79 Å². The van der Waals surface area contributed by atoms with Gasteiger partial charge in [0, 0.05) is 12.0 Å². The van der Waals surface area contributed by atoms with Gasteiger partial charge in [-0.25, -0.2) is 12.8 Å². The van der Waals surface area contributed by atoms with Crippen molar-refractivity contribution in [1.82, 2.24) is 4.31 Å². The van der Waals surface area contributed by atoms with E-state index in [1.54, 1.807) is 24.3 Å². The maximum absolute atomic E-state index is 12.9. The molecule has 0 saturated carbocycles. The fourth-order valence-electron chi connectivity index (χ4n) is 3.35. The van der Waals surface area contributed by atoms with Crippen LogP contribution >= 0.6 is 0 Å². The SMILES string of the molecule is CC(=O)c1ccc(S(=O)(=O)N2CC[NH+](CCCOc3ccc(F)cc3)CC2)cc1. The Kier molecular flexibility index (Phi) is 7.00. The van der Waals surface area contributed by atoms with Crippen molar-refractivity contribution in [3.63, 3.8) is 0 Å². The van der Waals surface area contributed by atoms with Crippen molar-refractivity contribution in [1.29, 1.82) is 0 Å². The van der Waals surface area contributed by atoms with Crippen LogP contribution in [0.1, 0.15) is 23.7 Å². The molecule has 1 fully saturated rings. The van der Waals surface area contributed by atoms with Crippen molar-refractivity contribution < 1.29 is 27.2 Å². The van der Waals surface area contributed by atoms with Gasteiger partial charge < -0.3 is 9.64 Å². The number of hydrogen-bond acceptors (Lipinski definition) is 4. The van der Waals surface area contributed by atoms with Crippen LogP contribution in [0.5, 0.6) is 5.75 Å². The lowest BCUT2D eigenvalue weighted by Gasteiger charge is -2.31. The molecule has 1 aliphatic heterocycles. The average molecular weight is 422 g/mol. The van der Waals surface area contributed by atoms with E-state index in [4.69, 9.17) is 4.74 Å². The highest BCUT2D eigenvalue weighted by molar-refractivity contribution is 7.89. The lowest BCUT2D eigenvalue weighted by atomic mass is 10.2. The first-order valence-electron chi connectivity index (χ1n) is 9.69. The molecule has 8 heteroatoms. The van der Waals surface area contributed by atoms with E-state index < -0.39 is 10.0 Å². The van der Waals surface area contributed by atoms with Crippen molar-refractivity contribution >= 4 is 15.8 Å². The van der Waals surface area contributed by atoms with Gasteiger partial charge in [0.2, 0.25) is 10.0 Å². The highest BCUT2D eigenvalue weighted by Crippen LogP contribution is 2.17. The number of ketones is 1. The topological polar surface area (TPSA) is 68.1 Å². The normalized spacial score (nSPS) is 15.9. The number of quaternary nitrogens is 1. The van der Waals surface area contributed by atoms with Gasteiger partial charge in [0.05, 0.1) is 44.2 Å². The fourth-order valence-corrected chi connectivity index (χ4v) is 4.79. The minimum atomic E-state index is -3.54. The van der Waals surface area contributed by atoms with Gasteiger partial charge in [-0.1, -0.05) is 12.1 Å². The number of carbonyl (C=O) groups excluding carboxylic acids is 1. The van der Waals surface area contributed by atoms with Crippen LogP contribution in [-0.2, 0) is 10.0 Å². The lowest BCUT2D eigenvalue weighted by Crippen LogP contribution is -3.14. The molecular weight excluding hydrogens is 395 g/mol. The van der Waals surface area contributed by atoms with E-state index in [2.05, 4.69) is 0 Å². The fraction of sp³-hybridized carbons (Fsp3) is 0.381. The summed E-state index contributed by atoms with van der Waals surface area (Å²) >= 11 is 0. The Bertz CT molecular complexity index is 922. The molecule has 3 rings (SSSR count). The van der Waals surface area contributed by atoms with E-state index in [1.807, 2.05) is 0 Å². The zero-order valence-corrected chi connectivity index (χ0v) is 17.3. The Morgan fingerprint density at radius 2 is 1.69 bits per heavy atom. The summed E-state index contributed by atoms with van der Waals surface area (Å²) in [6, 6.07) is 12.1. The average Bonchev–Trinajstić information content (AvgIpc) is 2.73. The van der Waals surface area contributed by atoms with Gasteiger partial charge in [-0.05, 0) is 43.3 Å². The first-order chi connectivity index (χ1) is 13.9. The second kappa shape index (κ2) is 9.47. The maximum atomic E-state index is 12.9. The summed E-state index contributed by atoms with van der Waals surface area (Å²) in [4.78, 5) is 12.9. The standard InChI is InChI=1S/C21H25FN2O4S/c1-17(25)18-3-9-21(10-4-18)29(26,27)24-14-12-23(13-15-24)11-2-16-28-20-7-5-19(22)6-8-20/h3-10H,2,11-16H2,1H3/p+1. The smallest absolute Gasteiger partial charge is 0.243 e. The van der Waals surface area contributed by atoms with Crippen molar-refractivity contribution in [2.45, 2.75) is 18.2 Å². The summed E-state index contributed by atoms with van der Waals surface area (Å²) in [5.74, 6) is 0.270. The van der Waals surface area contributed by atoms with Crippen LogP contribution in [0.25, 0.3) is 0 Å². The second-order valence-electron chi connectivity index (χ2n) is 7.14. The third kappa shape index (κ3) is 5.62. The summed E-state index contributed by atoms with van der Waals surface area (Å²) in [6.07, 6.45) is 0.839. The van der Waals surface area contributed by atoms with E-state index >= 15 is 0 Å². The molecule has 0 amide bonds. The molecule has 0 atom stereocenters. The molecule has 0 spiro atoms. The molecular formula is C21H26FN2O4S+. The van der Waals surface area contributed by atoms with Gasteiger partial charge >= 0.3 is 0 Å². The summed E-state index contributed by atoms with van der Waals surface area (Å²) in [5, 5.41) is 0. The minimum absolute atomic E-state index is 0.0884. The number of piperazine rings is 1. The third-order valence-electron chi connectivity index (χ3n) is 5.09. The van der Waals surface area contributed by atoms with Crippen LogP contribution in [0.2, 0.25) is 0 Å². The minimum Gasteiger partial charge on any atom is -0.493 e. The molecule has 0 aromatic heterocycles. The molecule has 0 unspecified atom stereocenters. The van der Waals surface area contributed by atoms with Gasteiger partial charge in [-0.2, -0.15) is 4.31 Å². The summed E-state index contributed by atoms with van der Waals surface area (Å²) in [5.41, 5.74) is 0.501. The highest BCUT2D eigenvalue weighted by atomic mass is 32.2. The molecule has 1 aliphatic rings. The third-order valence-corrected chi connectivity index (χ3v) is 7.00. The summed E-state index contributed by atoms with van der Waals surface area (Å²) in [7, 11) is -3.54. The van der Waals surface area contributed by atoms with Crippen LogP contribution < -0.4 is 9.64 Å². The number of nitrogens with zero attached hydrogens (tertiary/aromatic N) is 1. The number of sulfonamides is 1. The molecule has 0 aliphatic carbocycles. The number of Topliss-reactive ketones (excluding diaryl/α,β-unsaturated/α-hetero) is 1. The van der Waals surface area contributed by atoms with E-state index in [0.29, 0.717) is 31.0 Å². The predicted octanol–water partition coefficient (Wildman–Crippen LogP) is 1.39. The van der Waals surface area contributed by atoms with Crippen LogP contribution in [0.4, 0.5) is 4.39 Å². The molecule has 156 valence electrons. The van der Waals surface area contributed by atoms with Gasteiger partial charge in [0.15, 0.2) is 5.78 Å². The van der Waals surface area contributed by atoms with Gasteiger partial charge in [0.1, 0.15) is 11.6 Å². The molecule has 1 N–H and O–H groups in total. The zero-order valence-electron chi connectivity index (χ0n) is 16.4. The van der Waals surface area contributed by atoms with E-state index in [-0.39, 0.29) is 16.5 Å². The van der Waals surface area contributed by atoms with E-state index in [1.165, 1.54) is 40.4 Å². The first-order valence-corrected chi connectivity index (χ1v) is 11.1. The largest absolute Gasteiger partial charge is 0.493 e. The molecule has 0 bridgehead atoms. The van der Waals surface area contributed by atoms with Crippen LogP contribution in [0.15, 0.2) is 53.4 Å². The Hall–Kier alpha value is -2.29. The molecule has 2 aromatic rings. The number of ether oxygens (including phenoxy) is 1.